The first-order chi connectivity index (χ1) is 15.8. The van der Waals surface area contributed by atoms with Crippen LogP contribution < -0.4 is 0 Å². The third-order valence-corrected chi connectivity index (χ3v) is 5.72. The SMILES string of the molecule is C[C@H]1CC(=O)C=CN1[C@@H]1OC[C@H](OC(=O)C(C)(C)C)[C@H](OC(=O)C(C)(C)C)[C@H]1OC(=O)C(C)(C)C. The maximum atomic E-state index is 13.0. The Hall–Kier alpha value is -2.42. The molecule has 1 fully saturated rings. The number of esters is 3. The van der Waals surface area contributed by atoms with Gasteiger partial charge in [-0.3, -0.25) is 19.2 Å². The number of ketones is 1. The van der Waals surface area contributed by atoms with Crippen LogP contribution in [0, 0.1) is 16.2 Å². The van der Waals surface area contributed by atoms with Gasteiger partial charge >= 0.3 is 17.9 Å². The van der Waals surface area contributed by atoms with Crippen molar-refractivity contribution in [3.8, 4) is 0 Å². The zero-order chi connectivity index (χ0) is 26.9. The van der Waals surface area contributed by atoms with Gasteiger partial charge in [0.1, 0.15) is 0 Å². The van der Waals surface area contributed by atoms with Crippen LogP contribution in [0.2, 0.25) is 0 Å². The molecule has 1 saturated heterocycles. The van der Waals surface area contributed by atoms with Crippen LogP contribution in [-0.2, 0) is 38.1 Å². The molecule has 0 aromatic heterocycles. The molecule has 0 saturated carbocycles. The molecular weight excluding hydrogens is 454 g/mol. The molecule has 0 amide bonds. The zero-order valence-corrected chi connectivity index (χ0v) is 22.7. The highest BCUT2D eigenvalue weighted by atomic mass is 16.6. The Morgan fingerprint density at radius 3 is 1.74 bits per heavy atom. The predicted octanol–water partition coefficient (Wildman–Crippen LogP) is 3.39. The van der Waals surface area contributed by atoms with E-state index in [0.717, 1.165) is 0 Å². The molecule has 9 heteroatoms. The minimum Gasteiger partial charge on any atom is -0.455 e. The van der Waals surface area contributed by atoms with Gasteiger partial charge in [0.05, 0.1) is 22.9 Å². The highest BCUT2D eigenvalue weighted by molar-refractivity contribution is 5.90. The molecule has 0 aromatic carbocycles. The summed E-state index contributed by atoms with van der Waals surface area (Å²) in [5.74, 6) is -1.59. The minimum atomic E-state index is -1.11. The maximum absolute atomic E-state index is 13.0. The van der Waals surface area contributed by atoms with Crippen LogP contribution in [0.15, 0.2) is 12.3 Å². The molecule has 0 unspecified atom stereocenters. The van der Waals surface area contributed by atoms with E-state index >= 15 is 0 Å². The number of nitrogens with zero attached hydrogens (tertiary/aromatic N) is 1. The Kier molecular flexibility index (Phi) is 8.47. The van der Waals surface area contributed by atoms with Crippen molar-refractivity contribution in [1.29, 1.82) is 0 Å². The standard InChI is InChI=1S/C26H41NO8/c1-15-13-16(28)11-12-27(15)20-19(35-23(31)26(8,9)10)18(34-22(30)25(5,6)7)17(14-32-20)33-21(29)24(2,3)4/h11-12,15,17-20H,13-14H2,1-10H3/t15-,17-,18-,19+,20+/m0/s1. The molecule has 198 valence electrons. The van der Waals surface area contributed by atoms with Crippen molar-refractivity contribution in [3.63, 3.8) is 0 Å². The first-order valence-corrected chi connectivity index (χ1v) is 12.1. The van der Waals surface area contributed by atoms with Gasteiger partial charge in [-0.25, -0.2) is 0 Å². The van der Waals surface area contributed by atoms with Gasteiger partial charge in [0.2, 0.25) is 0 Å². The van der Waals surface area contributed by atoms with Gasteiger partial charge in [0.25, 0.3) is 0 Å². The summed E-state index contributed by atoms with van der Waals surface area (Å²) < 4.78 is 23.6. The van der Waals surface area contributed by atoms with Crippen LogP contribution in [0.3, 0.4) is 0 Å². The lowest BCUT2D eigenvalue weighted by Crippen LogP contribution is -2.64. The summed E-state index contributed by atoms with van der Waals surface area (Å²) in [5, 5.41) is 0. The molecule has 0 N–H and O–H groups in total. The topological polar surface area (TPSA) is 108 Å². The molecule has 0 aromatic rings. The monoisotopic (exact) mass is 495 g/mol. The fraction of sp³-hybridized carbons (Fsp3) is 0.769. The Bertz CT molecular complexity index is 858. The van der Waals surface area contributed by atoms with E-state index in [1.165, 1.54) is 6.08 Å². The lowest BCUT2D eigenvalue weighted by Gasteiger charge is -2.47. The molecule has 2 heterocycles. The lowest BCUT2D eigenvalue weighted by atomic mass is 9.94. The quantitative estimate of drug-likeness (QED) is 0.428. The Morgan fingerprint density at radius 2 is 1.29 bits per heavy atom. The van der Waals surface area contributed by atoms with E-state index in [1.807, 2.05) is 6.92 Å². The summed E-state index contributed by atoms with van der Waals surface area (Å²) in [5.41, 5.74) is -2.51. The predicted molar refractivity (Wildman–Crippen MR) is 128 cm³/mol. The molecule has 0 aliphatic carbocycles. The highest BCUT2D eigenvalue weighted by Crippen LogP contribution is 2.33. The number of rotatable bonds is 4. The van der Waals surface area contributed by atoms with Gasteiger partial charge in [-0.1, -0.05) is 0 Å². The van der Waals surface area contributed by atoms with Crippen LogP contribution >= 0.6 is 0 Å². The second-order valence-corrected chi connectivity index (χ2v) is 12.4. The van der Waals surface area contributed by atoms with Crippen LogP contribution in [0.25, 0.3) is 0 Å². The Labute approximate surface area is 208 Å². The summed E-state index contributed by atoms with van der Waals surface area (Å²) in [6, 6.07) is -0.249. The summed E-state index contributed by atoms with van der Waals surface area (Å²) in [7, 11) is 0. The van der Waals surface area contributed by atoms with E-state index in [2.05, 4.69) is 0 Å². The molecule has 2 aliphatic heterocycles. The first kappa shape index (κ1) is 28.8. The van der Waals surface area contributed by atoms with E-state index in [1.54, 1.807) is 73.4 Å². The van der Waals surface area contributed by atoms with Crippen LogP contribution in [0.4, 0.5) is 0 Å². The Morgan fingerprint density at radius 1 is 0.829 bits per heavy atom. The number of carbonyl (C=O) groups excluding carboxylic acids is 4. The fourth-order valence-corrected chi connectivity index (χ4v) is 3.41. The fourth-order valence-electron chi connectivity index (χ4n) is 3.41. The van der Waals surface area contributed by atoms with Crippen LogP contribution in [-0.4, -0.2) is 65.8 Å². The van der Waals surface area contributed by atoms with Gasteiger partial charge in [0, 0.05) is 18.7 Å². The summed E-state index contributed by atoms with van der Waals surface area (Å²) in [4.78, 5) is 52.4. The Balaban J connectivity index is 2.52. The van der Waals surface area contributed by atoms with E-state index in [-0.39, 0.29) is 24.9 Å². The second-order valence-electron chi connectivity index (χ2n) is 12.4. The molecule has 2 rings (SSSR count). The molecule has 0 bridgehead atoms. The summed E-state index contributed by atoms with van der Waals surface area (Å²) >= 11 is 0. The molecule has 9 nitrogen and oxygen atoms in total. The average molecular weight is 496 g/mol. The second kappa shape index (κ2) is 10.3. The summed E-state index contributed by atoms with van der Waals surface area (Å²) in [6.07, 6.45) is -0.783. The largest absolute Gasteiger partial charge is 0.455 e. The molecule has 0 spiro atoms. The van der Waals surface area contributed by atoms with Crippen molar-refractivity contribution in [1.82, 2.24) is 4.90 Å². The van der Waals surface area contributed by atoms with Gasteiger partial charge in [-0.15, -0.1) is 0 Å². The lowest BCUT2D eigenvalue weighted by molar-refractivity contribution is -0.255. The van der Waals surface area contributed by atoms with Crippen molar-refractivity contribution < 1.29 is 38.1 Å². The number of ether oxygens (including phenoxy) is 4. The van der Waals surface area contributed by atoms with Crippen LogP contribution in [0.1, 0.15) is 75.7 Å². The number of carbonyl (C=O) groups is 4. The van der Waals surface area contributed by atoms with Crippen molar-refractivity contribution in [2.24, 2.45) is 16.2 Å². The summed E-state index contributed by atoms with van der Waals surface area (Å²) in [6.45, 7) is 17.2. The molecule has 5 atom stereocenters. The number of allylic oxidation sites excluding steroid dienone is 1. The van der Waals surface area contributed by atoms with Crippen molar-refractivity contribution in [3.05, 3.63) is 12.3 Å². The van der Waals surface area contributed by atoms with E-state index in [4.69, 9.17) is 18.9 Å². The first-order valence-electron chi connectivity index (χ1n) is 12.1. The average Bonchev–Trinajstić information content (AvgIpc) is 2.68. The molecule has 0 radical (unpaired) electrons. The number of hydrogen-bond donors (Lipinski definition) is 0. The van der Waals surface area contributed by atoms with Crippen LogP contribution in [0.5, 0.6) is 0 Å². The zero-order valence-electron chi connectivity index (χ0n) is 22.7. The van der Waals surface area contributed by atoms with Gasteiger partial charge in [0.15, 0.2) is 30.3 Å². The van der Waals surface area contributed by atoms with E-state index in [0.29, 0.717) is 0 Å². The molecular formula is C26H41NO8. The third-order valence-electron chi connectivity index (χ3n) is 5.72. The molecule has 2 aliphatic rings. The number of hydrogen-bond acceptors (Lipinski definition) is 9. The smallest absolute Gasteiger partial charge is 0.311 e. The minimum absolute atomic E-state index is 0.0273. The third kappa shape index (κ3) is 7.29. The normalized spacial score (nSPS) is 27.9. The van der Waals surface area contributed by atoms with E-state index in [9.17, 15) is 19.2 Å². The van der Waals surface area contributed by atoms with Gasteiger partial charge in [-0.05, 0) is 75.3 Å². The van der Waals surface area contributed by atoms with Crippen molar-refractivity contribution >= 4 is 23.7 Å². The molecule has 35 heavy (non-hydrogen) atoms. The highest BCUT2D eigenvalue weighted by Gasteiger charge is 2.52. The van der Waals surface area contributed by atoms with Crippen molar-refractivity contribution in [2.75, 3.05) is 6.61 Å². The van der Waals surface area contributed by atoms with Gasteiger partial charge < -0.3 is 23.8 Å². The van der Waals surface area contributed by atoms with E-state index < -0.39 is 58.7 Å². The maximum Gasteiger partial charge on any atom is 0.311 e. The van der Waals surface area contributed by atoms with Crippen molar-refractivity contribution in [2.45, 2.75) is 106 Å². The van der Waals surface area contributed by atoms with Gasteiger partial charge in [-0.2, -0.15) is 0 Å².